The summed E-state index contributed by atoms with van der Waals surface area (Å²) in [5.41, 5.74) is 0. The summed E-state index contributed by atoms with van der Waals surface area (Å²) in [5.74, 6) is 0. The van der Waals surface area contributed by atoms with Crippen molar-refractivity contribution in [1.29, 1.82) is 0 Å². The molecule has 0 fully saturated rings. The van der Waals surface area contributed by atoms with Crippen LogP contribution in [-0.4, -0.2) is 25.1 Å². The molecule has 0 saturated heterocycles. The van der Waals surface area contributed by atoms with Crippen molar-refractivity contribution in [3.05, 3.63) is 0 Å². The zero-order valence-electron chi connectivity index (χ0n) is 19.4. The molecule has 3 heteroatoms. The van der Waals surface area contributed by atoms with Crippen molar-refractivity contribution in [3.63, 3.8) is 0 Å². The van der Waals surface area contributed by atoms with E-state index in [2.05, 4.69) is 27.7 Å². The molecule has 0 spiro atoms. The van der Waals surface area contributed by atoms with Gasteiger partial charge in [-0.05, 0) is 25.7 Å². The molecule has 1 nitrogen and oxygen atoms in total. The van der Waals surface area contributed by atoms with Crippen LogP contribution in [0.4, 0.5) is 0 Å². The van der Waals surface area contributed by atoms with Crippen LogP contribution in [0.5, 0.6) is 0 Å². The fourth-order valence-electron chi connectivity index (χ4n) is 3.72. The van der Waals surface area contributed by atoms with Gasteiger partial charge >= 0.3 is 0 Å². The highest BCUT2D eigenvalue weighted by molar-refractivity contribution is 7.71. The summed E-state index contributed by atoms with van der Waals surface area (Å²) in [5, 5.41) is 0. The molecule has 0 aromatic heterocycles. The second kappa shape index (κ2) is 23.0. The number of hydrogen-bond donors (Lipinski definition) is 0. The van der Waals surface area contributed by atoms with E-state index in [9.17, 15) is 0 Å². The van der Waals surface area contributed by atoms with E-state index < -0.39 is 7.49 Å². The van der Waals surface area contributed by atoms with Crippen LogP contribution in [-0.2, 0) is 4.52 Å². The SMILES string of the molecule is CCCCCCCCCCCCO[P+](CCCC)(CCCC)CCCC.[Cl-]. The van der Waals surface area contributed by atoms with Gasteiger partial charge in [-0.25, -0.2) is 4.52 Å². The van der Waals surface area contributed by atoms with Crippen LogP contribution >= 0.6 is 7.49 Å². The van der Waals surface area contributed by atoms with Gasteiger partial charge in [0.05, 0.1) is 25.1 Å². The molecule has 0 bridgehead atoms. The van der Waals surface area contributed by atoms with Crippen LogP contribution in [0.25, 0.3) is 0 Å². The molecular formula is C24H52ClOP. The maximum absolute atomic E-state index is 6.72. The summed E-state index contributed by atoms with van der Waals surface area (Å²) in [6, 6.07) is 0. The van der Waals surface area contributed by atoms with Gasteiger partial charge in [-0.3, -0.25) is 0 Å². The molecular weight excluding hydrogens is 371 g/mol. The zero-order chi connectivity index (χ0) is 19.3. The van der Waals surface area contributed by atoms with Gasteiger partial charge in [0, 0.05) is 0 Å². The number of hydrogen-bond acceptors (Lipinski definition) is 1. The van der Waals surface area contributed by atoms with Crippen molar-refractivity contribution in [2.45, 2.75) is 130 Å². The normalized spacial score (nSPS) is 11.6. The quantitative estimate of drug-likeness (QED) is 0.156. The largest absolute Gasteiger partial charge is 1.00 e. The summed E-state index contributed by atoms with van der Waals surface area (Å²) >= 11 is 0. The van der Waals surface area contributed by atoms with Crippen LogP contribution in [0.15, 0.2) is 0 Å². The van der Waals surface area contributed by atoms with Gasteiger partial charge in [0.2, 0.25) is 0 Å². The van der Waals surface area contributed by atoms with Crippen LogP contribution in [0.1, 0.15) is 130 Å². The third kappa shape index (κ3) is 18.4. The lowest BCUT2D eigenvalue weighted by Crippen LogP contribution is -3.00. The number of rotatable bonds is 21. The zero-order valence-corrected chi connectivity index (χ0v) is 21.0. The fourth-order valence-corrected chi connectivity index (χ4v) is 7.97. The van der Waals surface area contributed by atoms with Gasteiger partial charge in [-0.15, -0.1) is 0 Å². The first kappa shape index (κ1) is 29.9. The summed E-state index contributed by atoms with van der Waals surface area (Å²) < 4.78 is 6.72. The molecule has 0 atom stereocenters. The molecule has 0 aromatic rings. The van der Waals surface area contributed by atoms with Crippen molar-refractivity contribution in [1.82, 2.24) is 0 Å². The standard InChI is InChI=1S/C24H52OP.ClH/c1-5-9-13-14-15-16-17-18-19-20-21-25-26(22-10-6-2,23-11-7-3)24-12-8-4;/h5-24H2,1-4H3;1H/q+1;/p-1. The minimum atomic E-state index is -1.12. The minimum absolute atomic E-state index is 0. The van der Waals surface area contributed by atoms with E-state index >= 15 is 0 Å². The predicted molar refractivity (Wildman–Crippen MR) is 124 cm³/mol. The van der Waals surface area contributed by atoms with Gasteiger partial charge in [-0.1, -0.05) is 105 Å². The lowest BCUT2D eigenvalue weighted by Gasteiger charge is -2.26. The number of unbranched alkanes of at least 4 members (excludes halogenated alkanes) is 12. The van der Waals surface area contributed by atoms with Crippen LogP contribution in [0.2, 0.25) is 0 Å². The highest BCUT2D eigenvalue weighted by atomic mass is 35.5. The third-order valence-electron chi connectivity index (χ3n) is 5.62. The molecule has 0 aromatic carbocycles. The fraction of sp³-hybridized carbons (Fsp3) is 1.00. The maximum Gasteiger partial charge on any atom is 0.145 e. The Labute approximate surface area is 180 Å². The maximum atomic E-state index is 6.72. The van der Waals surface area contributed by atoms with Crippen molar-refractivity contribution in [2.24, 2.45) is 0 Å². The summed E-state index contributed by atoms with van der Waals surface area (Å²) in [4.78, 5) is 0. The summed E-state index contributed by atoms with van der Waals surface area (Å²) in [6.07, 6.45) is 26.4. The van der Waals surface area contributed by atoms with Crippen LogP contribution < -0.4 is 12.4 Å². The van der Waals surface area contributed by atoms with Gasteiger partial charge in [0.1, 0.15) is 7.49 Å². The van der Waals surface area contributed by atoms with Gasteiger partial charge in [0.25, 0.3) is 0 Å². The smallest absolute Gasteiger partial charge is 0.145 e. The molecule has 0 unspecified atom stereocenters. The van der Waals surface area contributed by atoms with Crippen LogP contribution in [0.3, 0.4) is 0 Å². The lowest BCUT2D eigenvalue weighted by atomic mass is 10.1. The van der Waals surface area contributed by atoms with E-state index in [0.717, 1.165) is 6.61 Å². The number of halogens is 1. The van der Waals surface area contributed by atoms with Gasteiger partial charge < -0.3 is 12.4 Å². The van der Waals surface area contributed by atoms with E-state index in [4.69, 9.17) is 4.52 Å². The van der Waals surface area contributed by atoms with Crippen molar-refractivity contribution in [2.75, 3.05) is 25.1 Å². The summed E-state index contributed by atoms with van der Waals surface area (Å²) in [6.45, 7) is 10.3. The summed E-state index contributed by atoms with van der Waals surface area (Å²) in [7, 11) is -1.12. The molecule has 0 N–H and O–H groups in total. The van der Waals surface area contributed by atoms with E-state index in [1.165, 1.54) is 121 Å². The Morgan fingerprint density at radius 3 is 1.15 bits per heavy atom. The van der Waals surface area contributed by atoms with E-state index in [1.807, 2.05) is 0 Å². The minimum Gasteiger partial charge on any atom is -1.00 e. The first-order chi connectivity index (χ1) is 12.7. The first-order valence-corrected chi connectivity index (χ1v) is 14.5. The van der Waals surface area contributed by atoms with Crippen molar-refractivity contribution < 1.29 is 16.9 Å². The molecule has 0 amide bonds. The molecule has 0 radical (unpaired) electrons. The van der Waals surface area contributed by atoms with E-state index in [1.54, 1.807) is 0 Å². The second-order valence-corrected chi connectivity index (χ2v) is 12.0. The Kier molecular flexibility index (Phi) is 25.4. The van der Waals surface area contributed by atoms with Gasteiger partial charge in [-0.2, -0.15) is 0 Å². The lowest BCUT2D eigenvalue weighted by molar-refractivity contribution is -0.00000677. The Balaban J connectivity index is 0. The molecule has 0 aliphatic heterocycles. The highest BCUT2D eigenvalue weighted by Crippen LogP contribution is 2.61. The Morgan fingerprint density at radius 1 is 0.444 bits per heavy atom. The Bertz CT molecular complexity index is 251. The molecule has 0 aliphatic carbocycles. The average molecular weight is 423 g/mol. The van der Waals surface area contributed by atoms with E-state index in [0.29, 0.717) is 0 Å². The molecule has 0 saturated carbocycles. The predicted octanol–water partition coefficient (Wildman–Crippen LogP) is 6.26. The Hall–Kier alpha value is 0.680. The third-order valence-corrected chi connectivity index (χ3v) is 9.74. The molecule has 0 heterocycles. The average Bonchev–Trinajstić information content (AvgIpc) is 2.66. The highest BCUT2D eigenvalue weighted by Gasteiger charge is 2.37. The Morgan fingerprint density at radius 2 is 0.778 bits per heavy atom. The van der Waals surface area contributed by atoms with Crippen molar-refractivity contribution in [3.8, 4) is 0 Å². The van der Waals surface area contributed by atoms with Gasteiger partial charge in [0.15, 0.2) is 0 Å². The van der Waals surface area contributed by atoms with Crippen LogP contribution in [0, 0.1) is 0 Å². The monoisotopic (exact) mass is 422 g/mol. The first-order valence-electron chi connectivity index (χ1n) is 12.2. The molecule has 166 valence electrons. The molecule has 0 rings (SSSR count). The van der Waals surface area contributed by atoms with E-state index in [-0.39, 0.29) is 12.4 Å². The molecule has 27 heavy (non-hydrogen) atoms. The second-order valence-electron chi connectivity index (χ2n) is 8.30. The molecule has 0 aliphatic rings. The van der Waals surface area contributed by atoms with Crippen molar-refractivity contribution >= 4 is 7.49 Å². The topological polar surface area (TPSA) is 9.23 Å².